The van der Waals surface area contributed by atoms with Gasteiger partial charge in [0.15, 0.2) is 0 Å². The van der Waals surface area contributed by atoms with E-state index in [-0.39, 0.29) is 26.6 Å². The maximum Gasteiger partial charge on any atom is 0.294 e. The molecule has 45 heavy (non-hydrogen) atoms. The van der Waals surface area contributed by atoms with E-state index in [0.29, 0.717) is 52.8 Å². The van der Waals surface area contributed by atoms with Gasteiger partial charge in [0.05, 0.1) is 9.85 Å². The molecule has 0 unspecified atom stereocenters. The standard InChI is InChI=1S/C16H24N4O2.C14H17N3O3.C2H7N/c1-18(2)13-10-16(11-13)5-7-19(8-6-16)14-4-3-12(17)9-15(14)20(21)22;15-10-1-2-12(13(7-10)17(19)20)16-5-3-14(4-6-16)8-11(18)9-14;1-3-2/h3-4,9,13H,5-8,10-11,17H2,1-2H3;1-2,7H,3-6,8-9,15H2;3H,1-2H3. The van der Waals surface area contributed by atoms with Crippen molar-refractivity contribution in [2.24, 2.45) is 10.8 Å². The van der Waals surface area contributed by atoms with Crippen LogP contribution in [0.25, 0.3) is 0 Å². The summed E-state index contributed by atoms with van der Waals surface area (Å²) >= 11 is 0. The molecule has 5 N–H and O–H groups in total. The Kier molecular flexibility index (Phi) is 10.5. The predicted octanol–water partition coefficient (Wildman–Crippen LogP) is 4.45. The van der Waals surface area contributed by atoms with Gasteiger partial charge in [-0.05, 0) is 102 Å². The second-order valence-electron chi connectivity index (χ2n) is 13.4. The fourth-order valence-corrected chi connectivity index (χ4v) is 7.20. The Morgan fingerprint density at radius 2 is 1.16 bits per heavy atom. The molecule has 2 saturated carbocycles. The molecule has 4 fully saturated rings. The van der Waals surface area contributed by atoms with Crippen LogP contribution in [0.3, 0.4) is 0 Å². The summed E-state index contributed by atoms with van der Waals surface area (Å²) in [5.41, 5.74) is 14.3. The van der Waals surface area contributed by atoms with E-state index in [4.69, 9.17) is 11.5 Å². The van der Waals surface area contributed by atoms with E-state index in [1.54, 1.807) is 24.3 Å². The largest absolute Gasteiger partial charge is 0.399 e. The van der Waals surface area contributed by atoms with Gasteiger partial charge in [0.2, 0.25) is 0 Å². The third-order valence-electron chi connectivity index (χ3n) is 9.93. The van der Waals surface area contributed by atoms with Crippen LogP contribution in [0, 0.1) is 31.1 Å². The third-order valence-corrected chi connectivity index (χ3v) is 9.93. The Morgan fingerprint density at radius 1 is 0.778 bits per heavy atom. The van der Waals surface area contributed by atoms with Crippen LogP contribution in [0.1, 0.15) is 51.4 Å². The van der Waals surface area contributed by atoms with Gasteiger partial charge in [-0.3, -0.25) is 25.0 Å². The first kappa shape index (κ1) is 33.9. The number of hydrogen-bond acceptors (Lipinski definition) is 11. The lowest BCUT2D eigenvalue weighted by atomic mass is 9.60. The van der Waals surface area contributed by atoms with Crippen molar-refractivity contribution < 1.29 is 14.6 Å². The molecular formula is C32H48N8O5. The van der Waals surface area contributed by atoms with Crippen LogP contribution in [-0.4, -0.2) is 80.9 Å². The first-order valence-corrected chi connectivity index (χ1v) is 15.7. The highest BCUT2D eigenvalue weighted by atomic mass is 16.6. The zero-order valence-corrected chi connectivity index (χ0v) is 27.0. The molecule has 2 heterocycles. The number of nitrogen functional groups attached to an aromatic ring is 2. The van der Waals surface area contributed by atoms with Gasteiger partial charge in [-0.15, -0.1) is 0 Å². The first-order chi connectivity index (χ1) is 21.3. The number of nitrogens with two attached hydrogens (primary N) is 2. The van der Waals surface area contributed by atoms with Crippen LogP contribution in [0.2, 0.25) is 0 Å². The summed E-state index contributed by atoms with van der Waals surface area (Å²) in [6, 6.07) is 10.5. The number of nitro groups is 2. The number of piperidine rings is 2. The van der Waals surface area contributed by atoms with E-state index in [9.17, 15) is 25.0 Å². The monoisotopic (exact) mass is 624 g/mol. The molecule has 0 bridgehead atoms. The topological polar surface area (TPSA) is 177 Å². The van der Waals surface area contributed by atoms with E-state index < -0.39 is 0 Å². The third kappa shape index (κ3) is 7.82. The molecule has 4 aliphatic rings. The van der Waals surface area contributed by atoms with Gasteiger partial charge in [-0.2, -0.15) is 0 Å². The molecule has 0 aromatic heterocycles. The van der Waals surface area contributed by atoms with Crippen molar-refractivity contribution in [2.45, 2.75) is 57.4 Å². The number of hydrogen-bond donors (Lipinski definition) is 3. The average molecular weight is 625 g/mol. The van der Waals surface area contributed by atoms with E-state index in [0.717, 1.165) is 51.9 Å². The van der Waals surface area contributed by atoms with Gasteiger partial charge in [0, 0.05) is 68.6 Å². The van der Waals surface area contributed by atoms with Crippen molar-refractivity contribution in [3.8, 4) is 0 Å². The number of Topliss-reactive ketones (excluding diaryl/α,β-unsaturated/α-hetero) is 1. The fraction of sp³-hybridized carbons (Fsp3) is 0.594. The van der Waals surface area contributed by atoms with E-state index in [1.165, 1.54) is 25.0 Å². The second kappa shape index (κ2) is 14.0. The van der Waals surface area contributed by atoms with Crippen molar-refractivity contribution in [1.29, 1.82) is 0 Å². The van der Waals surface area contributed by atoms with Crippen LogP contribution in [0.5, 0.6) is 0 Å². The van der Waals surface area contributed by atoms with Crippen LogP contribution < -0.4 is 26.6 Å². The summed E-state index contributed by atoms with van der Waals surface area (Å²) in [6.45, 7) is 3.31. The maximum absolute atomic E-state index is 11.2. The Bertz CT molecular complexity index is 1370. The zero-order chi connectivity index (χ0) is 32.9. The molecule has 13 nitrogen and oxygen atoms in total. The lowest BCUT2D eigenvalue weighted by Crippen LogP contribution is -2.53. The number of carbonyl (C=O) groups is 1. The minimum atomic E-state index is -0.386. The fourth-order valence-electron chi connectivity index (χ4n) is 7.20. The normalized spacial score (nSPS) is 20.0. The molecule has 2 aromatic carbocycles. The minimum Gasteiger partial charge on any atom is -0.399 e. The quantitative estimate of drug-likeness (QED) is 0.243. The van der Waals surface area contributed by atoms with Gasteiger partial charge in [-0.1, -0.05) is 0 Å². The highest BCUT2D eigenvalue weighted by Crippen LogP contribution is 2.51. The molecule has 6 rings (SSSR count). The lowest BCUT2D eigenvalue weighted by molar-refractivity contribution is -0.384. The summed E-state index contributed by atoms with van der Waals surface area (Å²) in [7, 11) is 8.04. The number of anilines is 4. The molecule has 246 valence electrons. The highest BCUT2D eigenvalue weighted by Gasteiger charge is 2.47. The summed E-state index contributed by atoms with van der Waals surface area (Å²) in [6.07, 6.45) is 8.00. The first-order valence-electron chi connectivity index (χ1n) is 15.7. The highest BCUT2D eigenvalue weighted by molar-refractivity contribution is 5.86. The number of carbonyl (C=O) groups excluding carboxylic acids is 1. The Hall–Kier alpha value is -3.97. The number of ketones is 1. The molecular weight excluding hydrogens is 576 g/mol. The van der Waals surface area contributed by atoms with E-state index in [2.05, 4.69) is 29.2 Å². The summed E-state index contributed by atoms with van der Waals surface area (Å²) in [5.74, 6) is 0.344. The van der Waals surface area contributed by atoms with E-state index >= 15 is 0 Å². The van der Waals surface area contributed by atoms with Crippen molar-refractivity contribution in [3.63, 3.8) is 0 Å². The molecule has 2 aliphatic carbocycles. The molecule has 2 aromatic rings. The van der Waals surface area contributed by atoms with Gasteiger partial charge in [-0.25, -0.2) is 0 Å². The number of benzene rings is 2. The smallest absolute Gasteiger partial charge is 0.294 e. The van der Waals surface area contributed by atoms with Crippen LogP contribution in [-0.2, 0) is 4.79 Å². The lowest BCUT2D eigenvalue weighted by Gasteiger charge is -2.54. The summed E-state index contributed by atoms with van der Waals surface area (Å²) in [4.78, 5) is 39.3. The van der Waals surface area contributed by atoms with Gasteiger partial charge in [0.25, 0.3) is 11.4 Å². The SMILES string of the molecule is CN(C)C1CC2(CCN(c3ccc(N)cc3[N+](=O)[O-])CC2)C1.CNC.Nc1ccc(N2CCC3(CC2)CC(=O)C3)c([N+](=O)[O-])c1. The van der Waals surface area contributed by atoms with Crippen molar-refractivity contribution in [1.82, 2.24) is 10.2 Å². The molecule has 13 heteroatoms. The van der Waals surface area contributed by atoms with Crippen LogP contribution in [0.4, 0.5) is 34.1 Å². The summed E-state index contributed by atoms with van der Waals surface area (Å²) in [5, 5.41) is 25.1. The zero-order valence-electron chi connectivity index (χ0n) is 27.0. The molecule has 0 amide bonds. The van der Waals surface area contributed by atoms with Crippen molar-refractivity contribution in [2.75, 3.05) is 75.6 Å². The molecule has 2 aliphatic heterocycles. The molecule has 0 atom stereocenters. The Balaban J connectivity index is 0.000000189. The van der Waals surface area contributed by atoms with Crippen LogP contribution >= 0.6 is 0 Å². The Labute approximate surface area is 265 Å². The van der Waals surface area contributed by atoms with Crippen molar-refractivity contribution in [3.05, 3.63) is 56.6 Å². The predicted molar refractivity (Wildman–Crippen MR) is 179 cm³/mol. The molecule has 0 radical (unpaired) electrons. The van der Waals surface area contributed by atoms with E-state index in [1.807, 2.05) is 19.0 Å². The molecule has 2 spiro atoms. The number of nitro benzene ring substituents is 2. The van der Waals surface area contributed by atoms with Crippen molar-refractivity contribution >= 4 is 39.9 Å². The van der Waals surface area contributed by atoms with Gasteiger partial charge < -0.3 is 31.5 Å². The molecule has 2 saturated heterocycles. The maximum atomic E-state index is 11.2. The average Bonchev–Trinajstić information content (AvgIpc) is 2.96. The number of nitrogens with one attached hydrogen (secondary N) is 1. The number of rotatable bonds is 5. The second-order valence-corrected chi connectivity index (χ2v) is 13.4. The van der Waals surface area contributed by atoms with Crippen LogP contribution in [0.15, 0.2) is 36.4 Å². The van der Waals surface area contributed by atoms with Gasteiger partial charge >= 0.3 is 0 Å². The number of nitrogens with zero attached hydrogens (tertiary/aromatic N) is 5. The summed E-state index contributed by atoms with van der Waals surface area (Å²) < 4.78 is 0. The Morgan fingerprint density at radius 3 is 1.49 bits per heavy atom. The van der Waals surface area contributed by atoms with Gasteiger partial charge in [0.1, 0.15) is 17.2 Å². The minimum absolute atomic E-state index is 0.0608.